The van der Waals surface area contributed by atoms with Crippen LogP contribution in [0.15, 0.2) is 42.0 Å². The molecule has 0 bridgehead atoms. The van der Waals surface area contributed by atoms with Crippen molar-refractivity contribution in [2.45, 2.75) is 6.42 Å². The number of rotatable bonds is 3. The van der Waals surface area contributed by atoms with E-state index < -0.39 is 0 Å². The van der Waals surface area contributed by atoms with Crippen LogP contribution in [-0.4, -0.2) is 23.1 Å². The van der Waals surface area contributed by atoms with Gasteiger partial charge in [-0.05, 0) is 42.8 Å². The van der Waals surface area contributed by atoms with Crippen LogP contribution in [0.4, 0.5) is 15.8 Å². The molecule has 1 aliphatic heterocycles. The van der Waals surface area contributed by atoms with Crippen molar-refractivity contribution in [3.63, 3.8) is 0 Å². The van der Waals surface area contributed by atoms with Crippen LogP contribution in [0.3, 0.4) is 0 Å². The number of anilines is 2. The summed E-state index contributed by atoms with van der Waals surface area (Å²) in [5.41, 5.74) is 5.13. The summed E-state index contributed by atoms with van der Waals surface area (Å²) in [5.74, 6) is -0.277. The molecular weight excluding hydrogens is 367 g/mol. The molecule has 0 atom stereocenters. The Kier molecular flexibility index (Phi) is 3.92. The molecule has 3 aromatic heterocycles. The summed E-state index contributed by atoms with van der Waals surface area (Å²) < 4.78 is 15.3. The van der Waals surface area contributed by atoms with E-state index in [1.54, 1.807) is 29.1 Å². The lowest BCUT2D eigenvalue weighted by atomic mass is 10.1. The van der Waals surface area contributed by atoms with Gasteiger partial charge in [-0.3, -0.25) is 0 Å². The van der Waals surface area contributed by atoms with E-state index >= 15 is 0 Å². The fraction of sp³-hybridized carbons (Fsp3) is 0.158. The van der Waals surface area contributed by atoms with Gasteiger partial charge >= 0.3 is 0 Å². The van der Waals surface area contributed by atoms with E-state index in [0.29, 0.717) is 5.69 Å². The Hall–Kier alpha value is -2.35. The van der Waals surface area contributed by atoms with E-state index in [1.165, 1.54) is 27.9 Å². The average Bonchev–Trinajstić information content (AvgIpc) is 3.29. The van der Waals surface area contributed by atoms with E-state index in [-0.39, 0.29) is 5.82 Å². The van der Waals surface area contributed by atoms with E-state index in [2.05, 4.69) is 32.7 Å². The van der Waals surface area contributed by atoms with E-state index in [0.717, 1.165) is 45.6 Å². The van der Waals surface area contributed by atoms with Crippen LogP contribution in [0.25, 0.3) is 26.0 Å². The lowest BCUT2D eigenvalue weighted by Gasteiger charge is -2.12. The minimum atomic E-state index is -0.277. The van der Waals surface area contributed by atoms with Gasteiger partial charge in [0.2, 0.25) is 0 Å². The zero-order chi connectivity index (χ0) is 17.5. The molecule has 0 aliphatic carbocycles. The van der Waals surface area contributed by atoms with Crippen molar-refractivity contribution in [1.29, 1.82) is 0 Å². The van der Waals surface area contributed by atoms with E-state index in [1.807, 2.05) is 6.07 Å². The monoisotopic (exact) mass is 382 g/mol. The number of thiophene rings is 1. The topological polar surface area (TPSA) is 49.8 Å². The lowest BCUT2D eigenvalue weighted by molar-refractivity contribution is 0.634. The number of nitrogens with zero attached hydrogens (tertiary/aromatic N) is 2. The predicted octanol–water partition coefficient (Wildman–Crippen LogP) is 5.17. The number of halogens is 1. The van der Waals surface area contributed by atoms with Gasteiger partial charge < -0.3 is 10.6 Å². The summed E-state index contributed by atoms with van der Waals surface area (Å²) in [5, 5.41) is 7.65. The SMILES string of the molecule is Fc1cc2scnc2cc1Nc1ccnc2sc(C3=CCCNC3)cc12. The molecule has 0 saturated carbocycles. The minimum Gasteiger partial charge on any atom is -0.352 e. The molecule has 0 saturated heterocycles. The van der Waals surface area contributed by atoms with Crippen molar-refractivity contribution in [2.24, 2.45) is 0 Å². The summed E-state index contributed by atoms with van der Waals surface area (Å²) >= 11 is 3.11. The number of pyridine rings is 1. The van der Waals surface area contributed by atoms with Gasteiger partial charge in [0.1, 0.15) is 10.6 Å². The van der Waals surface area contributed by atoms with Crippen molar-refractivity contribution < 1.29 is 4.39 Å². The molecule has 7 heteroatoms. The summed E-state index contributed by atoms with van der Waals surface area (Å²) in [6.07, 6.45) is 5.09. The van der Waals surface area contributed by atoms with Crippen LogP contribution in [0.2, 0.25) is 0 Å². The first-order valence-electron chi connectivity index (χ1n) is 8.36. The molecule has 0 amide bonds. The molecular formula is C19H15FN4S2. The Bertz CT molecular complexity index is 1150. The lowest BCUT2D eigenvalue weighted by Crippen LogP contribution is -2.20. The second kappa shape index (κ2) is 6.42. The number of benzene rings is 1. The van der Waals surface area contributed by atoms with Crippen molar-refractivity contribution in [3.8, 4) is 0 Å². The third-order valence-corrected chi connectivity index (χ3v) is 6.38. The predicted molar refractivity (Wildman–Crippen MR) is 108 cm³/mol. The van der Waals surface area contributed by atoms with Gasteiger partial charge in [-0.15, -0.1) is 22.7 Å². The van der Waals surface area contributed by atoms with Crippen LogP contribution in [0, 0.1) is 5.82 Å². The molecule has 4 nitrogen and oxygen atoms in total. The molecule has 4 aromatic rings. The van der Waals surface area contributed by atoms with Crippen LogP contribution in [0.1, 0.15) is 11.3 Å². The van der Waals surface area contributed by atoms with Gasteiger partial charge in [0.15, 0.2) is 0 Å². The quantitative estimate of drug-likeness (QED) is 0.513. The standard InChI is InChI=1S/C19H15FN4S2/c20-13-7-18-16(23-10-25-18)8-15(13)24-14-3-5-22-19-12(14)6-17(26-19)11-2-1-4-21-9-11/h2-3,5-8,10,21H,1,4,9H2,(H,22,24). The molecule has 5 rings (SSSR count). The second-order valence-electron chi connectivity index (χ2n) is 6.16. The largest absolute Gasteiger partial charge is 0.352 e. The first kappa shape index (κ1) is 15.9. The maximum Gasteiger partial charge on any atom is 0.148 e. The van der Waals surface area contributed by atoms with Crippen LogP contribution in [-0.2, 0) is 0 Å². The molecule has 0 fully saturated rings. The Balaban J connectivity index is 1.56. The third kappa shape index (κ3) is 2.78. The number of hydrogen-bond donors (Lipinski definition) is 2. The number of thiazole rings is 1. The summed E-state index contributed by atoms with van der Waals surface area (Å²) in [6, 6.07) is 7.32. The molecule has 26 heavy (non-hydrogen) atoms. The number of fused-ring (bicyclic) bond motifs is 2. The first-order chi connectivity index (χ1) is 12.8. The smallest absolute Gasteiger partial charge is 0.148 e. The first-order valence-corrected chi connectivity index (χ1v) is 10.1. The van der Waals surface area contributed by atoms with Crippen molar-refractivity contribution in [3.05, 3.63) is 52.7 Å². The van der Waals surface area contributed by atoms with Gasteiger partial charge in [-0.1, -0.05) is 6.08 Å². The third-order valence-electron chi connectivity index (χ3n) is 4.47. The highest BCUT2D eigenvalue weighted by molar-refractivity contribution is 7.19. The number of nitrogens with one attached hydrogen (secondary N) is 2. The average molecular weight is 382 g/mol. The minimum absolute atomic E-state index is 0.277. The molecule has 0 spiro atoms. The van der Waals surface area contributed by atoms with Crippen molar-refractivity contribution in [1.82, 2.24) is 15.3 Å². The van der Waals surface area contributed by atoms with Crippen molar-refractivity contribution in [2.75, 3.05) is 18.4 Å². The highest BCUT2D eigenvalue weighted by atomic mass is 32.1. The van der Waals surface area contributed by atoms with E-state index in [9.17, 15) is 4.39 Å². The van der Waals surface area contributed by atoms with Crippen molar-refractivity contribution >= 4 is 60.1 Å². The molecule has 0 radical (unpaired) electrons. The summed E-state index contributed by atoms with van der Waals surface area (Å²) in [7, 11) is 0. The summed E-state index contributed by atoms with van der Waals surface area (Å²) in [6.45, 7) is 1.91. The highest BCUT2D eigenvalue weighted by Crippen LogP contribution is 2.36. The molecule has 1 aliphatic rings. The Morgan fingerprint density at radius 2 is 2.12 bits per heavy atom. The van der Waals surface area contributed by atoms with Gasteiger partial charge in [0, 0.05) is 23.0 Å². The molecule has 0 unspecified atom stereocenters. The molecule has 130 valence electrons. The number of hydrogen-bond acceptors (Lipinski definition) is 6. The zero-order valence-electron chi connectivity index (χ0n) is 13.8. The highest BCUT2D eigenvalue weighted by Gasteiger charge is 2.14. The Labute approximate surface area is 157 Å². The maximum atomic E-state index is 14.5. The fourth-order valence-electron chi connectivity index (χ4n) is 3.16. The molecule has 2 N–H and O–H groups in total. The number of aromatic nitrogens is 2. The normalized spacial score (nSPS) is 14.7. The van der Waals surface area contributed by atoms with Crippen LogP contribution >= 0.6 is 22.7 Å². The second-order valence-corrected chi connectivity index (χ2v) is 8.08. The van der Waals surface area contributed by atoms with Crippen LogP contribution < -0.4 is 10.6 Å². The Morgan fingerprint density at radius 1 is 1.15 bits per heavy atom. The van der Waals surface area contributed by atoms with Gasteiger partial charge in [0.05, 0.1) is 27.1 Å². The maximum absolute atomic E-state index is 14.5. The summed E-state index contributed by atoms with van der Waals surface area (Å²) in [4.78, 5) is 10.9. The van der Waals surface area contributed by atoms with Gasteiger partial charge in [0.25, 0.3) is 0 Å². The van der Waals surface area contributed by atoms with Crippen LogP contribution in [0.5, 0.6) is 0 Å². The van der Waals surface area contributed by atoms with Gasteiger partial charge in [-0.25, -0.2) is 14.4 Å². The zero-order valence-corrected chi connectivity index (χ0v) is 15.4. The Morgan fingerprint density at radius 3 is 3.00 bits per heavy atom. The van der Waals surface area contributed by atoms with E-state index in [4.69, 9.17) is 0 Å². The fourth-order valence-corrected chi connectivity index (χ4v) is 4.91. The molecule has 4 heterocycles. The van der Waals surface area contributed by atoms with Gasteiger partial charge in [-0.2, -0.15) is 0 Å². The molecule has 1 aromatic carbocycles.